The van der Waals surface area contributed by atoms with Gasteiger partial charge in [0.25, 0.3) is 5.91 Å². The van der Waals surface area contributed by atoms with Gasteiger partial charge in [0, 0.05) is 25.2 Å². The van der Waals surface area contributed by atoms with E-state index in [1.165, 1.54) is 31.5 Å². The van der Waals surface area contributed by atoms with Gasteiger partial charge in [-0.25, -0.2) is 0 Å². The number of carbonyl (C=O) groups excluding carboxylic acids is 1. The number of rotatable bonds is 7. The second-order valence-electron chi connectivity index (χ2n) is 7.09. The molecule has 0 bridgehead atoms. The first-order valence-corrected chi connectivity index (χ1v) is 8.79. The van der Waals surface area contributed by atoms with Crippen LogP contribution >= 0.6 is 0 Å². The second kappa shape index (κ2) is 9.04. The van der Waals surface area contributed by atoms with Crippen molar-refractivity contribution < 1.29 is 4.79 Å². The van der Waals surface area contributed by atoms with Gasteiger partial charge < -0.3 is 10.2 Å². The summed E-state index contributed by atoms with van der Waals surface area (Å²) in [5.41, 5.74) is 2.05. The van der Waals surface area contributed by atoms with Crippen LogP contribution in [0.25, 0.3) is 0 Å². The van der Waals surface area contributed by atoms with Crippen LogP contribution in [0.2, 0.25) is 0 Å². The van der Waals surface area contributed by atoms with E-state index in [2.05, 4.69) is 34.2 Å². The molecule has 1 aromatic rings. The molecule has 0 radical (unpaired) electrons. The lowest BCUT2D eigenvalue weighted by atomic mass is 9.99. The number of hydrogen-bond acceptors (Lipinski definition) is 3. The van der Waals surface area contributed by atoms with Crippen LogP contribution in [-0.2, 0) is 6.54 Å². The lowest BCUT2D eigenvalue weighted by molar-refractivity contribution is 0.0952. The maximum Gasteiger partial charge on any atom is 0.251 e. The maximum atomic E-state index is 12.1. The van der Waals surface area contributed by atoms with Crippen molar-refractivity contribution in [3.05, 3.63) is 35.4 Å². The highest BCUT2D eigenvalue weighted by atomic mass is 16.1. The zero-order valence-corrected chi connectivity index (χ0v) is 14.8. The fraction of sp³-hybridized carbons (Fsp3) is 0.632. The van der Waals surface area contributed by atoms with Crippen LogP contribution < -0.4 is 5.32 Å². The molecular weight excluding hydrogens is 286 g/mol. The summed E-state index contributed by atoms with van der Waals surface area (Å²) in [4.78, 5) is 16.7. The van der Waals surface area contributed by atoms with E-state index in [0.29, 0.717) is 0 Å². The van der Waals surface area contributed by atoms with Crippen LogP contribution in [0.3, 0.4) is 0 Å². The second-order valence-corrected chi connectivity index (χ2v) is 7.09. The topological polar surface area (TPSA) is 35.6 Å². The number of amides is 1. The standard InChI is InChI=1S/C19H31N3O/c1-16-6-4-13-22(14-16)15-17-7-9-18(10-8-17)19(23)20-11-5-12-21(2)3/h7-10,16H,4-6,11-15H2,1-3H3,(H,20,23). The third-order valence-corrected chi connectivity index (χ3v) is 4.43. The van der Waals surface area contributed by atoms with Gasteiger partial charge in [-0.1, -0.05) is 19.1 Å². The Morgan fingerprint density at radius 1 is 1.30 bits per heavy atom. The molecule has 1 aliphatic heterocycles. The highest BCUT2D eigenvalue weighted by molar-refractivity contribution is 5.94. The number of nitrogens with zero attached hydrogens (tertiary/aromatic N) is 2. The Morgan fingerprint density at radius 3 is 2.70 bits per heavy atom. The van der Waals surface area contributed by atoms with Crippen molar-refractivity contribution in [1.29, 1.82) is 0 Å². The molecule has 0 saturated carbocycles. The monoisotopic (exact) mass is 317 g/mol. The van der Waals surface area contributed by atoms with Crippen LogP contribution in [0.4, 0.5) is 0 Å². The molecule has 1 unspecified atom stereocenters. The van der Waals surface area contributed by atoms with E-state index in [-0.39, 0.29) is 5.91 Å². The third kappa shape index (κ3) is 6.32. The lowest BCUT2D eigenvalue weighted by Crippen LogP contribution is -2.33. The normalized spacial score (nSPS) is 19.0. The van der Waals surface area contributed by atoms with Crippen LogP contribution in [0, 0.1) is 5.92 Å². The fourth-order valence-corrected chi connectivity index (χ4v) is 3.15. The summed E-state index contributed by atoms with van der Waals surface area (Å²) in [7, 11) is 4.09. The van der Waals surface area contributed by atoms with Crippen molar-refractivity contribution in [3.8, 4) is 0 Å². The average molecular weight is 317 g/mol. The first kappa shape index (κ1) is 18.0. The SMILES string of the molecule is CC1CCCN(Cc2ccc(C(=O)NCCCN(C)C)cc2)C1. The molecule has 1 atom stereocenters. The van der Waals surface area contributed by atoms with Crippen molar-refractivity contribution in [1.82, 2.24) is 15.1 Å². The van der Waals surface area contributed by atoms with Crippen molar-refractivity contribution in [3.63, 3.8) is 0 Å². The average Bonchev–Trinajstić information content (AvgIpc) is 2.52. The summed E-state index contributed by atoms with van der Waals surface area (Å²) in [6.07, 6.45) is 3.63. The molecule has 2 rings (SSSR count). The van der Waals surface area contributed by atoms with Crippen LogP contribution in [-0.4, -0.2) is 56.0 Å². The predicted molar refractivity (Wildman–Crippen MR) is 95.6 cm³/mol. The van der Waals surface area contributed by atoms with E-state index in [1.807, 2.05) is 26.2 Å². The van der Waals surface area contributed by atoms with Gasteiger partial charge in [0.1, 0.15) is 0 Å². The van der Waals surface area contributed by atoms with Gasteiger partial charge >= 0.3 is 0 Å². The Morgan fingerprint density at radius 2 is 2.04 bits per heavy atom. The van der Waals surface area contributed by atoms with E-state index < -0.39 is 0 Å². The Balaban J connectivity index is 1.78. The molecule has 0 spiro atoms. The summed E-state index contributed by atoms with van der Waals surface area (Å²) in [5.74, 6) is 0.831. The minimum Gasteiger partial charge on any atom is -0.352 e. The molecule has 1 heterocycles. The quantitative estimate of drug-likeness (QED) is 0.785. The van der Waals surface area contributed by atoms with Gasteiger partial charge in [-0.3, -0.25) is 9.69 Å². The van der Waals surface area contributed by atoms with Crippen LogP contribution in [0.5, 0.6) is 0 Å². The maximum absolute atomic E-state index is 12.1. The van der Waals surface area contributed by atoms with Crippen LogP contribution in [0.15, 0.2) is 24.3 Å². The van der Waals surface area contributed by atoms with E-state index >= 15 is 0 Å². The van der Waals surface area contributed by atoms with Gasteiger partial charge in [0.2, 0.25) is 0 Å². The molecule has 4 heteroatoms. The minimum absolute atomic E-state index is 0.0295. The van der Waals surface area contributed by atoms with E-state index in [9.17, 15) is 4.79 Å². The molecule has 0 aliphatic carbocycles. The number of carbonyl (C=O) groups is 1. The summed E-state index contributed by atoms with van der Waals surface area (Å²) in [6.45, 7) is 7.43. The van der Waals surface area contributed by atoms with E-state index in [0.717, 1.165) is 37.5 Å². The molecule has 23 heavy (non-hydrogen) atoms. The largest absolute Gasteiger partial charge is 0.352 e. The number of likely N-dealkylation sites (tertiary alicyclic amines) is 1. The highest BCUT2D eigenvalue weighted by Gasteiger charge is 2.16. The van der Waals surface area contributed by atoms with Crippen molar-refractivity contribution in [2.24, 2.45) is 5.92 Å². The first-order valence-electron chi connectivity index (χ1n) is 8.79. The Bertz CT molecular complexity index is 484. The molecule has 128 valence electrons. The molecule has 1 aliphatic rings. The molecule has 1 amide bonds. The Kier molecular flexibility index (Phi) is 7.06. The number of benzene rings is 1. The third-order valence-electron chi connectivity index (χ3n) is 4.43. The zero-order valence-electron chi connectivity index (χ0n) is 14.8. The summed E-state index contributed by atoms with van der Waals surface area (Å²) in [6, 6.07) is 8.08. The molecular formula is C19H31N3O. The molecule has 1 aromatic carbocycles. The smallest absolute Gasteiger partial charge is 0.251 e. The summed E-state index contributed by atoms with van der Waals surface area (Å²) >= 11 is 0. The number of hydrogen-bond donors (Lipinski definition) is 1. The van der Waals surface area contributed by atoms with Gasteiger partial charge in [0.05, 0.1) is 0 Å². The number of nitrogens with one attached hydrogen (secondary N) is 1. The van der Waals surface area contributed by atoms with Crippen molar-refractivity contribution in [2.75, 3.05) is 40.3 Å². The fourth-order valence-electron chi connectivity index (χ4n) is 3.15. The molecule has 1 saturated heterocycles. The Hall–Kier alpha value is -1.39. The van der Waals surface area contributed by atoms with Gasteiger partial charge in [0.15, 0.2) is 0 Å². The number of piperidine rings is 1. The first-order chi connectivity index (χ1) is 11.0. The van der Waals surface area contributed by atoms with Crippen LogP contribution in [0.1, 0.15) is 42.1 Å². The van der Waals surface area contributed by atoms with Crippen molar-refractivity contribution in [2.45, 2.75) is 32.7 Å². The molecule has 0 aromatic heterocycles. The van der Waals surface area contributed by atoms with Gasteiger partial charge in [-0.05, 0) is 70.1 Å². The summed E-state index contributed by atoms with van der Waals surface area (Å²) < 4.78 is 0. The highest BCUT2D eigenvalue weighted by Crippen LogP contribution is 2.18. The Labute approximate surface area is 140 Å². The minimum atomic E-state index is 0.0295. The molecule has 4 nitrogen and oxygen atoms in total. The van der Waals surface area contributed by atoms with E-state index in [4.69, 9.17) is 0 Å². The van der Waals surface area contributed by atoms with Gasteiger partial charge in [-0.2, -0.15) is 0 Å². The molecule has 1 fully saturated rings. The molecule has 1 N–H and O–H groups in total. The zero-order chi connectivity index (χ0) is 16.7. The van der Waals surface area contributed by atoms with Crippen molar-refractivity contribution >= 4 is 5.91 Å². The van der Waals surface area contributed by atoms with E-state index in [1.54, 1.807) is 0 Å². The van der Waals surface area contributed by atoms with Gasteiger partial charge in [-0.15, -0.1) is 0 Å². The lowest BCUT2D eigenvalue weighted by Gasteiger charge is -2.30. The predicted octanol–water partition coefficient (Wildman–Crippen LogP) is 2.60. The summed E-state index contributed by atoms with van der Waals surface area (Å²) in [5, 5.41) is 2.98.